The molecule has 0 bridgehead atoms. The maximum atomic E-state index is 3.16. The van der Waals surface area contributed by atoms with Crippen LogP contribution >= 0.6 is 0 Å². The van der Waals surface area contributed by atoms with Crippen molar-refractivity contribution < 1.29 is 5.48 Å². The van der Waals surface area contributed by atoms with Crippen LogP contribution in [0.5, 0.6) is 0 Å². The first-order valence-electron chi connectivity index (χ1n) is 3.45. The zero-order valence-electron chi connectivity index (χ0n) is 6.17. The van der Waals surface area contributed by atoms with Gasteiger partial charge in [-0.3, -0.25) is 0 Å². The molecular weight excluding hydrogens is 138 g/mol. The molecule has 0 aromatic heterocycles. The Bertz CT molecular complexity index is 268. The second-order valence-corrected chi connectivity index (χ2v) is 2.41. The van der Waals surface area contributed by atoms with Gasteiger partial charge in [0, 0.05) is 6.54 Å². The summed E-state index contributed by atoms with van der Waals surface area (Å²) in [5.74, 6) is 0. The highest BCUT2D eigenvalue weighted by molar-refractivity contribution is 5.55. The van der Waals surface area contributed by atoms with Gasteiger partial charge in [-0.1, -0.05) is 24.3 Å². The third-order valence-electron chi connectivity index (χ3n) is 1.73. The summed E-state index contributed by atoms with van der Waals surface area (Å²) in [5, 5.41) is 3.16. The van der Waals surface area contributed by atoms with Gasteiger partial charge < -0.3 is 10.8 Å². The molecule has 0 saturated carbocycles. The molecule has 1 aliphatic rings. The zero-order chi connectivity index (χ0) is 6.81. The number of fused-ring (bicyclic) bond motifs is 1. The Balaban J connectivity index is 0.000000605. The van der Waals surface area contributed by atoms with E-state index in [1.165, 1.54) is 11.1 Å². The number of rotatable bonds is 0. The van der Waals surface area contributed by atoms with Crippen LogP contribution in [0.25, 0.3) is 6.08 Å². The molecule has 0 unspecified atom stereocenters. The molecule has 1 aliphatic heterocycles. The topological polar surface area (TPSA) is 43.5 Å². The number of benzene rings is 1. The molecule has 2 heteroatoms. The van der Waals surface area contributed by atoms with Crippen molar-refractivity contribution in [3.8, 4) is 0 Å². The Morgan fingerprint density at radius 1 is 1.18 bits per heavy atom. The lowest BCUT2D eigenvalue weighted by Gasteiger charge is -2.10. The van der Waals surface area contributed by atoms with Crippen LogP contribution in [0.1, 0.15) is 11.1 Å². The van der Waals surface area contributed by atoms with E-state index < -0.39 is 0 Å². The Hall–Kier alpha value is -1.28. The lowest BCUT2D eigenvalue weighted by Crippen LogP contribution is -2.09. The maximum Gasteiger partial charge on any atom is 0.0401 e. The van der Waals surface area contributed by atoms with Crippen molar-refractivity contribution in [1.82, 2.24) is 5.32 Å². The predicted molar refractivity (Wildman–Crippen MR) is 45.9 cm³/mol. The second kappa shape index (κ2) is 3.21. The Labute approximate surface area is 65.9 Å². The molecule has 0 radical (unpaired) electrons. The molecule has 1 heterocycles. The van der Waals surface area contributed by atoms with Crippen LogP contribution in [0.4, 0.5) is 0 Å². The van der Waals surface area contributed by atoms with Gasteiger partial charge in [-0.05, 0) is 23.4 Å². The van der Waals surface area contributed by atoms with Crippen molar-refractivity contribution in [3.05, 3.63) is 41.6 Å². The summed E-state index contributed by atoms with van der Waals surface area (Å²) >= 11 is 0. The largest absolute Gasteiger partial charge is 0.412 e. The quantitative estimate of drug-likeness (QED) is 0.586. The summed E-state index contributed by atoms with van der Waals surface area (Å²) in [6, 6.07) is 8.41. The smallest absolute Gasteiger partial charge is 0.0401 e. The Kier molecular flexibility index (Phi) is 2.28. The van der Waals surface area contributed by atoms with Gasteiger partial charge in [0.25, 0.3) is 0 Å². The van der Waals surface area contributed by atoms with Crippen molar-refractivity contribution in [2.45, 2.75) is 6.54 Å². The Morgan fingerprint density at radius 3 is 2.82 bits per heavy atom. The van der Waals surface area contributed by atoms with Crippen molar-refractivity contribution in [2.75, 3.05) is 0 Å². The zero-order valence-corrected chi connectivity index (χ0v) is 6.17. The fourth-order valence-corrected chi connectivity index (χ4v) is 1.18. The maximum absolute atomic E-state index is 3.16. The molecule has 58 valence electrons. The fraction of sp³-hybridized carbons (Fsp3) is 0.111. The van der Waals surface area contributed by atoms with Crippen LogP contribution in [0, 0.1) is 0 Å². The van der Waals surface area contributed by atoms with Gasteiger partial charge in [-0.25, -0.2) is 0 Å². The summed E-state index contributed by atoms with van der Waals surface area (Å²) in [7, 11) is 0. The van der Waals surface area contributed by atoms with E-state index >= 15 is 0 Å². The van der Waals surface area contributed by atoms with Crippen LogP contribution in [0.15, 0.2) is 30.5 Å². The minimum Gasteiger partial charge on any atom is -0.412 e. The monoisotopic (exact) mass is 149 g/mol. The molecule has 0 fully saturated rings. The van der Waals surface area contributed by atoms with E-state index in [0.717, 1.165) is 6.54 Å². The summed E-state index contributed by atoms with van der Waals surface area (Å²) in [6.45, 7) is 0.965. The van der Waals surface area contributed by atoms with Gasteiger partial charge in [0.2, 0.25) is 0 Å². The number of nitrogens with one attached hydrogen (secondary N) is 1. The van der Waals surface area contributed by atoms with Gasteiger partial charge in [0.1, 0.15) is 0 Å². The molecule has 1 aromatic rings. The van der Waals surface area contributed by atoms with E-state index in [0.29, 0.717) is 0 Å². The van der Waals surface area contributed by atoms with Gasteiger partial charge in [-0.2, -0.15) is 0 Å². The van der Waals surface area contributed by atoms with E-state index in [-0.39, 0.29) is 5.48 Å². The highest BCUT2D eigenvalue weighted by atomic mass is 16.0. The lowest BCUT2D eigenvalue weighted by atomic mass is 10.1. The lowest BCUT2D eigenvalue weighted by molar-refractivity contribution is 0.824. The Morgan fingerprint density at radius 2 is 2.00 bits per heavy atom. The van der Waals surface area contributed by atoms with E-state index in [9.17, 15) is 0 Å². The van der Waals surface area contributed by atoms with E-state index in [1.54, 1.807) is 0 Å². The third-order valence-corrected chi connectivity index (χ3v) is 1.73. The second-order valence-electron chi connectivity index (χ2n) is 2.41. The summed E-state index contributed by atoms with van der Waals surface area (Å²) in [4.78, 5) is 0. The number of hydrogen-bond donors (Lipinski definition) is 1. The van der Waals surface area contributed by atoms with Gasteiger partial charge in [-0.15, -0.1) is 0 Å². The number of hydrogen-bond acceptors (Lipinski definition) is 1. The first-order valence-corrected chi connectivity index (χ1v) is 3.45. The van der Waals surface area contributed by atoms with E-state index in [1.807, 2.05) is 6.20 Å². The molecule has 0 amide bonds. The molecule has 3 N–H and O–H groups in total. The molecule has 0 aliphatic carbocycles. The van der Waals surface area contributed by atoms with Crippen LogP contribution in [-0.4, -0.2) is 5.48 Å². The minimum atomic E-state index is 0. The molecule has 2 rings (SSSR count). The average Bonchev–Trinajstić information content (AvgIpc) is 2.05. The molecule has 0 spiro atoms. The SMILES string of the molecule is C1=Cc2ccccc2CN1.O. The van der Waals surface area contributed by atoms with E-state index in [4.69, 9.17) is 0 Å². The average molecular weight is 149 g/mol. The first kappa shape index (κ1) is 7.82. The van der Waals surface area contributed by atoms with Crippen molar-refractivity contribution in [2.24, 2.45) is 0 Å². The van der Waals surface area contributed by atoms with Crippen LogP contribution in [0.3, 0.4) is 0 Å². The fourth-order valence-electron chi connectivity index (χ4n) is 1.18. The highest BCUT2D eigenvalue weighted by Crippen LogP contribution is 2.12. The van der Waals surface area contributed by atoms with Crippen molar-refractivity contribution in [3.63, 3.8) is 0 Å². The van der Waals surface area contributed by atoms with Gasteiger partial charge >= 0.3 is 0 Å². The van der Waals surface area contributed by atoms with Gasteiger partial charge in [0.15, 0.2) is 0 Å². The van der Waals surface area contributed by atoms with E-state index in [2.05, 4.69) is 35.7 Å². The highest BCUT2D eigenvalue weighted by Gasteiger charge is 1.99. The van der Waals surface area contributed by atoms with Crippen molar-refractivity contribution in [1.29, 1.82) is 0 Å². The third kappa shape index (κ3) is 1.41. The van der Waals surface area contributed by atoms with Crippen LogP contribution < -0.4 is 5.32 Å². The summed E-state index contributed by atoms with van der Waals surface area (Å²) in [6.07, 6.45) is 4.08. The molecule has 0 saturated heterocycles. The summed E-state index contributed by atoms with van der Waals surface area (Å²) < 4.78 is 0. The van der Waals surface area contributed by atoms with Crippen LogP contribution in [0.2, 0.25) is 0 Å². The first-order chi connectivity index (χ1) is 4.97. The van der Waals surface area contributed by atoms with Gasteiger partial charge in [0.05, 0.1) is 0 Å². The molecule has 11 heavy (non-hydrogen) atoms. The van der Waals surface area contributed by atoms with Crippen LogP contribution in [-0.2, 0) is 6.54 Å². The minimum absolute atomic E-state index is 0. The normalized spacial score (nSPS) is 12.7. The molecule has 0 atom stereocenters. The predicted octanol–water partition coefficient (Wildman–Crippen LogP) is 0.936. The molecule has 2 nitrogen and oxygen atoms in total. The standard InChI is InChI=1S/C9H9N.H2O/c1-2-4-9-7-10-6-5-8(9)3-1;/h1-6,10H,7H2;1H2. The summed E-state index contributed by atoms with van der Waals surface area (Å²) in [5.41, 5.74) is 2.71. The molecular formula is C9H11NO. The van der Waals surface area contributed by atoms with Crippen molar-refractivity contribution >= 4 is 6.08 Å². The molecule has 1 aromatic carbocycles.